The number of ether oxygens (including phenoxy) is 1. The minimum Gasteiger partial charge on any atom is -0.497 e. The standard InChI is InChI=1S/C26H34ClN3O5S/c1-4-24(26(32)28-21-9-5-6-10-21)29(17-19-8-7-11-23(16-19)35-2)25(31)18-30(36(3,33)34)22-14-12-20(27)13-15-22/h7-8,11-16,21,24H,4-6,9-10,17-18H2,1-3H3,(H,28,32)/t24-/m1/s1. The van der Waals surface area contributed by atoms with Gasteiger partial charge in [-0.15, -0.1) is 0 Å². The number of hydrogen-bond donors (Lipinski definition) is 1. The van der Waals surface area contributed by atoms with Gasteiger partial charge in [-0.3, -0.25) is 13.9 Å². The second-order valence-corrected chi connectivity index (χ2v) is 11.4. The van der Waals surface area contributed by atoms with Gasteiger partial charge >= 0.3 is 0 Å². The van der Waals surface area contributed by atoms with Crippen LogP contribution in [0.3, 0.4) is 0 Å². The van der Waals surface area contributed by atoms with Crippen LogP contribution >= 0.6 is 11.6 Å². The van der Waals surface area contributed by atoms with Crippen LogP contribution in [0.25, 0.3) is 0 Å². The number of amides is 2. The Hall–Kier alpha value is -2.78. The molecule has 0 saturated heterocycles. The first-order valence-electron chi connectivity index (χ1n) is 12.1. The van der Waals surface area contributed by atoms with Crippen molar-refractivity contribution in [2.24, 2.45) is 0 Å². The molecule has 0 radical (unpaired) electrons. The van der Waals surface area contributed by atoms with Gasteiger partial charge in [0.1, 0.15) is 18.3 Å². The number of nitrogens with zero attached hydrogens (tertiary/aromatic N) is 2. The van der Waals surface area contributed by atoms with Gasteiger partial charge in [0, 0.05) is 17.6 Å². The number of benzene rings is 2. The summed E-state index contributed by atoms with van der Waals surface area (Å²) in [5, 5.41) is 3.54. The molecule has 0 heterocycles. The maximum Gasteiger partial charge on any atom is 0.244 e. The van der Waals surface area contributed by atoms with Gasteiger partial charge in [-0.25, -0.2) is 8.42 Å². The molecule has 1 aliphatic rings. The molecule has 0 bridgehead atoms. The van der Waals surface area contributed by atoms with E-state index in [4.69, 9.17) is 16.3 Å². The summed E-state index contributed by atoms with van der Waals surface area (Å²) < 4.78 is 31.6. The van der Waals surface area contributed by atoms with E-state index in [1.807, 2.05) is 19.1 Å². The molecule has 0 aromatic heterocycles. The Labute approximate surface area is 218 Å². The van der Waals surface area contributed by atoms with Gasteiger partial charge < -0.3 is 15.0 Å². The smallest absolute Gasteiger partial charge is 0.244 e. The van der Waals surface area contributed by atoms with Crippen LogP contribution in [-0.2, 0) is 26.2 Å². The maximum absolute atomic E-state index is 13.7. The molecule has 2 aromatic rings. The van der Waals surface area contributed by atoms with Crippen molar-refractivity contribution in [1.29, 1.82) is 0 Å². The zero-order valence-corrected chi connectivity index (χ0v) is 22.5. The summed E-state index contributed by atoms with van der Waals surface area (Å²) in [6, 6.07) is 12.8. The number of nitrogens with one attached hydrogen (secondary N) is 1. The van der Waals surface area contributed by atoms with E-state index < -0.39 is 28.5 Å². The van der Waals surface area contributed by atoms with Gasteiger partial charge in [-0.2, -0.15) is 0 Å². The summed E-state index contributed by atoms with van der Waals surface area (Å²) in [7, 11) is -2.23. The van der Waals surface area contributed by atoms with Gasteiger partial charge in [0.25, 0.3) is 0 Å². The highest BCUT2D eigenvalue weighted by atomic mass is 35.5. The maximum atomic E-state index is 13.7. The number of methoxy groups -OCH3 is 1. The number of rotatable bonds is 11. The summed E-state index contributed by atoms with van der Waals surface area (Å²) >= 11 is 5.97. The largest absolute Gasteiger partial charge is 0.497 e. The van der Waals surface area contributed by atoms with E-state index >= 15 is 0 Å². The molecule has 2 amide bonds. The quantitative estimate of drug-likeness (QED) is 0.469. The lowest BCUT2D eigenvalue weighted by Crippen LogP contribution is -2.53. The Morgan fingerprint density at radius 3 is 2.39 bits per heavy atom. The monoisotopic (exact) mass is 535 g/mol. The number of sulfonamides is 1. The second-order valence-electron chi connectivity index (χ2n) is 9.03. The third kappa shape index (κ3) is 7.36. The average Bonchev–Trinajstić information content (AvgIpc) is 3.35. The van der Waals surface area contributed by atoms with E-state index in [0.717, 1.165) is 41.8 Å². The minimum atomic E-state index is -3.79. The average molecular weight is 536 g/mol. The topological polar surface area (TPSA) is 96.0 Å². The lowest BCUT2D eigenvalue weighted by Gasteiger charge is -2.33. The van der Waals surface area contributed by atoms with Crippen molar-refractivity contribution in [3.8, 4) is 5.75 Å². The van der Waals surface area contributed by atoms with Gasteiger partial charge in [-0.05, 0) is 61.2 Å². The molecule has 0 unspecified atom stereocenters. The van der Waals surface area contributed by atoms with Gasteiger partial charge in [0.05, 0.1) is 19.1 Å². The van der Waals surface area contributed by atoms with E-state index in [1.54, 1.807) is 43.5 Å². The lowest BCUT2D eigenvalue weighted by molar-refractivity contribution is -0.140. The predicted octanol–water partition coefficient (Wildman–Crippen LogP) is 3.98. The lowest BCUT2D eigenvalue weighted by atomic mass is 10.1. The molecule has 0 spiro atoms. The van der Waals surface area contributed by atoms with Gasteiger partial charge in [-0.1, -0.05) is 43.5 Å². The molecular weight excluding hydrogens is 502 g/mol. The zero-order valence-electron chi connectivity index (χ0n) is 20.9. The van der Waals surface area contributed by atoms with Crippen LogP contribution in [0.4, 0.5) is 5.69 Å². The fourth-order valence-electron chi connectivity index (χ4n) is 4.48. The molecular formula is C26H34ClN3O5S. The second kappa shape index (κ2) is 12.5. The molecule has 1 fully saturated rings. The Morgan fingerprint density at radius 2 is 1.81 bits per heavy atom. The van der Waals surface area contributed by atoms with Crippen LogP contribution in [0.15, 0.2) is 48.5 Å². The molecule has 1 atom stereocenters. The van der Waals surface area contributed by atoms with Crippen molar-refractivity contribution in [2.45, 2.75) is 57.7 Å². The fourth-order valence-corrected chi connectivity index (χ4v) is 5.45. The Kier molecular flexibility index (Phi) is 9.62. The third-order valence-corrected chi connectivity index (χ3v) is 7.76. The normalized spacial score (nSPS) is 14.8. The van der Waals surface area contributed by atoms with Crippen LogP contribution in [-0.4, -0.2) is 57.1 Å². The molecule has 1 aliphatic carbocycles. The van der Waals surface area contributed by atoms with E-state index in [2.05, 4.69) is 5.32 Å². The van der Waals surface area contributed by atoms with E-state index in [0.29, 0.717) is 22.9 Å². The summed E-state index contributed by atoms with van der Waals surface area (Å²) in [4.78, 5) is 28.5. The summed E-state index contributed by atoms with van der Waals surface area (Å²) in [5.41, 5.74) is 1.09. The summed E-state index contributed by atoms with van der Waals surface area (Å²) in [6.07, 6.45) is 5.41. The highest BCUT2D eigenvalue weighted by Crippen LogP contribution is 2.23. The van der Waals surface area contributed by atoms with Gasteiger partial charge in [0.15, 0.2) is 0 Å². The molecule has 1 saturated carbocycles. The third-order valence-electron chi connectivity index (χ3n) is 6.37. The van der Waals surface area contributed by atoms with Crippen molar-refractivity contribution >= 4 is 39.1 Å². The van der Waals surface area contributed by atoms with Crippen molar-refractivity contribution in [2.75, 3.05) is 24.2 Å². The first-order chi connectivity index (χ1) is 17.1. The number of halogens is 1. The van der Waals surface area contributed by atoms with Crippen LogP contribution in [0, 0.1) is 0 Å². The van der Waals surface area contributed by atoms with E-state index in [-0.39, 0.29) is 18.5 Å². The Balaban J connectivity index is 1.92. The molecule has 36 heavy (non-hydrogen) atoms. The molecule has 3 rings (SSSR count). The highest BCUT2D eigenvalue weighted by Gasteiger charge is 2.33. The van der Waals surface area contributed by atoms with Crippen LogP contribution < -0.4 is 14.4 Å². The zero-order chi connectivity index (χ0) is 26.3. The molecule has 1 N–H and O–H groups in total. The number of anilines is 1. The molecule has 8 nitrogen and oxygen atoms in total. The predicted molar refractivity (Wildman–Crippen MR) is 142 cm³/mol. The fraction of sp³-hybridized carbons (Fsp3) is 0.462. The minimum absolute atomic E-state index is 0.0990. The highest BCUT2D eigenvalue weighted by molar-refractivity contribution is 7.92. The number of hydrogen-bond acceptors (Lipinski definition) is 5. The Morgan fingerprint density at radius 1 is 1.14 bits per heavy atom. The van der Waals surface area contributed by atoms with E-state index in [1.165, 1.54) is 4.90 Å². The van der Waals surface area contributed by atoms with Crippen molar-refractivity contribution in [3.05, 3.63) is 59.1 Å². The van der Waals surface area contributed by atoms with Crippen LogP contribution in [0.1, 0.15) is 44.6 Å². The van der Waals surface area contributed by atoms with Crippen molar-refractivity contribution in [1.82, 2.24) is 10.2 Å². The Bertz CT molecular complexity index is 1150. The molecule has 10 heteroatoms. The molecule has 196 valence electrons. The molecule has 2 aromatic carbocycles. The van der Waals surface area contributed by atoms with Crippen molar-refractivity contribution in [3.63, 3.8) is 0 Å². The number of carbonyl (C=O) groups excluding carboxylic acids is 2. The summed E-state index contributed by atoms with van der Waals surface area (Å²) in [6.45, 7) is 1.53. The first-order valence-corrected chi connectivity index (χ1v) is 14.3. The van der Waals surface area contributed by atoms with Crippen LogP contribution in [0.2, 0.25) is 5.02 Å². The van der Waals surface area contributed by atoms with Crippen molar-refractivity contribution < 1.29 is 22.7 Å². The van der Waals surface area contributed by atoms with Crippen LogP contribution in [0.5, 0.6) is 5.75 Å². The number of carbonyl (C=O) groups is 2. The summed E-state index contributed by atoms with van der Waals surface area (Å²) in [5.74, 6) is -0.0769. The van der Waals surface area contributed by atoms with E-state index in [9.17, 15) is 18.0 Å². The SMILES string of the molecule is CC[C@H](C(=O)NC1CCCC1)N(Cc1cccc(OC)c1)C(=O)CN(c1ccc(Cl)cc1)S(C)(=O)=O. The van der Waals surface area contributed by atoms with Gasteiger partial charge in [0.2, 0.25) is 21.8 Å². The first kappa shape index (κ1) is 27.8. The molecule has 0 aliphatic heterocycles.